The molecule has 0 aromatic rings. The molecular formula is C17H21N5. The van der Waals surface area contributed by atoms with Gasteiger partial charge in [-0.15, -0.1) is 0 Å². The predicted octanol–water partition coefficient (Wildman–Crippen LogP) is 3.96. The van der Waals surface area contributed by atoms with Crippen molar-refractivity contribution in [3.05, 3.63) is 0 Å². The number of rotatable bonds is 11. The van der Waals surface area contributed by atoms with Crippen LogP contribution in [0.4, 0.5) is 0 Å². The highest BCUT2D eigenvalue weighted by Crippen LogP contribution is 2.24. The van der Waals surface area contributed by atoms with Crippen molar-refractivity contribution in [3.8, 4) is 30.3 Å². The smallest absolute Gasteiger partial charge is 0.0656 e. The lowest BCUT2D eigenvalue weighted by Gasteiger charge is -2.14. The minimum atomic E-state index is -0.224. The third-order valence-corrected chi connectivity index (χ3v) is 3.66. The topological polar surface area (TPSA) is 119 Å². The fourth-order valence-corrected chi connectivity index (χ4v) is 2.34. The van der Waals surface area contributed by atoms with Gasteiger partial charge in [0.05, 0.1) is 30.3 Å². The molecule has 0 amide bonds. The quantitative estimate of drug-likeness (QED) is 0.534. The average Bonchev–Trinajstić information content (AvgIpc) is 2.55. The molecule has 0 N–H and O–H groups in total. The van der Waals surface area contributed by atoms with Crippen LogP contribution in [0.1, 0.15) is 57.8 Å². The van der Waals surface area contributed by atoms with Gasteiger partial charge in [-0.2, -0.15) is 26.3 Å². The van der Waals surface area contributed by atoms with E-state index in [1.807, 2.05) is 0 Å². The van der Waals surface area contributed by atoms with E-state index in [0.717, 1.165) is 0 Å². The molecule has 0 aromatic carbocycles. The maximum absolute atomic E-state index is 9.20. The molecule has 0 rings (SSSR count). The van der Waals surface area contributed by atoms with Gasteiger partial charge in [0.25, 0.3) is 0 Å². The Bertz CT molecular complexity index is 506. The summed E-state index contributed by atoms with van der Waals surface area (Å²) >= 11 is 0. The summed E-state index contributed by atoms with van der Waals surface area (Å²) in [4.78, 5) is 0. The summed E-state index contributed by atoms with van der Waals surface area (Å²) in [6.07, 6.45) is 5.37. The summed E-state index contributed by atoms with van der Waals surface area (Å²) < 4.78 is 0. The second-order valence-corrected chi connectivity index (χ2v) is 5.39. The Morgan fingerprint density at radius 2 is 0.955 bits per heavy atom. The molecule has 0 aliphatic heterocycles. The lowest BCUT2D eigenvalue weighted by atomic mass is 9.87. The molecule has 114 valence electrons. The molecule has 0 radical (unpaired) electrons. The van der Waals surface area contributed by atoms with Gasteiger partial charge in [0, 0.05) is 30.6 Å². The van der Waals surface area contributed by atoms with Gasteiger partial charge in [0.1, 0.15) is 0 Å². The normalized spacial score (nSPS) is 13.4. The molecule has 0 aliphatic rings. The summed E-state index contributed by atoms with van der Waals surface area (Å²) in [5, 5.41) is 44.4. The highest BCUT2D eigenvalue weighted by atomic mass is 14.3. The van der Waals surface area contributed by atoms with Crippen LogP contribution in [-0.4, -0.2) is 0 Å². The number of nitrogens with zero attached hydrogens (tertiary/aromatic N) is 5. The van der Waals surface area contributed by atoms with Crippen molar-refractivity contribution in [1.82, 2.24) is 0 Å². The van der Waals surface area contributed by atoms with E-state index in [0.29, 0.717) is 57.8 Å². The lowest BCUT2D eigenvalue weighted by molar-refractivity contribution is 0.407. The summed E-state index contributed by atoms with van der Waals surface area (Å²) in [7, 11) is 0. The van der Waals surface area contributed by atoms with Gasteiger partial charge in [-0.1, -0.05) is 0 Å². The summed E-state index contributed by atoms with van der Waals surface area (Å²) in [6, 6.07) is 10.8. The first kappa shape index (κ1) is 19.4. The Morgan fingerprint density at radius 3 is 1.41 bits per heavy atom. The van der Waals surface area contributed by atoms with E-state index < -0.39 is 0 Å². The molecule has 0 saturated carbocycles. The van der Waals surface area contributed by atoms with E-state index in [-0.39, 0.29) is 17.8 Å². The van der Waals surface area contributed by atoms with Crippen molar-refractivity contribution in [2.75, 3.05) is 0 Å². The first-order valence-corrected chi connectivity index (χ1v) is 7.64. The van der Waals surface area contributed by atoms with E-state index in [2.05, 4.69) is 30.3 Å². The van der Waals surface area contributed by atoms with Crippen molar-refractivity contribution < 1.29 is 0 Å². The minimum absolute atomic E-state index is 0.122. The van der Waals surface area contributed by atoms with Crippen LogP contribution in [0.25, 0.3) is 0 Å². The van der Waals surface area contributed by atoms with E-state index in [9.17, 15) is 5.26 Å². The Balaban J connectivity index is 4.22. The van der Waals surface area contributed by atoms with Gasteiger partial charge < -0.3 is 0 Å². The molecule has 3 atom stereocenters. The number of nitriles is 5. The van der Waals surface area contributed by atoms with Crippen LogP contribution >= 0.6 is 0 Å². The van der Waals surface area contributed by atoms with Crippen LogP contribution in [0.2, 0.25) is 0 Å². The van der Waals surface area contributed by atoms with E-state index in [1.54, 1.807) is 0 Å². The monoisotopic (exact) mass is 295 g/mol. The third-order valence-electron chi connectivity index (χ3n) is 3.66. The Hall–Kier alpha value is -2.55. The molecule has 0 heterocycles. The number of hydrogen-bond donors (Lipinski definition) is 0. The summed E-state index contributed by atoms with van der Waals surface area (Å²) in [6.45, 7) is 0. The van der Waals surface area contributed by atoms with Crippen LogP contribution in [0.5, 0.6) is 0 Å². The number of hydrogen-bond acceptors (Lipinski definition) is 5. The van der Waals surface area contributed by atoms with Crippen LogP contribution in [0.15, 0.2) is 0 Å². The second kappa shape index (κ2) is 13.4. The third kappa shape index (κ3) is 9.37. The molecule has 5 heteroatoms. The fraction of sp³-hybridized carbons (Fsp3) is 0.706. The van der Waals surface area contributed by atoms with Gasteiger partial charge in [0.2, 0.25) is 0 Å². The average molecular weight is 295 g/mol. The molecule has 0 aromatic heterocycles. The molecule has 5 nitrogen and oxygen atoms in total. The van der Waals surface area contributed by atoms with Gasteiger partial charge in [0.15, 0.2) is 0 Å². The molecule has 0 saturated heterocycles. The SMILES string of the molecule is N#CCCCC(C#N)CCC(C#N)CC(C#N)CCCC#N. The van der Waals surface area contributed by atoms with Crippen molar-refractivity contribution in [1.29, 1.82) is 26.3 Å². The molecule has 0 spiro atoms. The Morgan fingerprint density at radius 1 is 0.545 bits per heavy atom. The zero-order chi connectivity index (χ0) is 16.6. The maximum atomic E-state index is 9.20. The van der Waals surface area contributed by atoms with Gasteiger partial charge >= 0.3 is 0 Å². The van der Waals surface area contributed by atoms with Gasteiger partial charge in [-0.25, -0.2) is 0 Å². The van der Waals surface area contributed by atoms with Crippen LogP contribution in [-0.2, 0) is 0 Å². The maximum Gasteiger partial charge on any atom is 0.0656 e. The standard InChI is InChI=1S/C17H21N5/c18-9-3-1-5-15(12-20)7-8-17(14-22)11-16(13-21)6-2-4-10-19/h15-17H,1-8,11H2. The first-order chi connectivity index (χ1) is 10.7. The molecule has 0 fully saturated rings. The Labute approximate surface area is 133 Å². The highest BCUT2D eigenvalue weighted by Gasteiger charge is 2.18. The predicted molar refractivity (Wildman–Crippen MR) is 80.1 cm³/mol. The molecule has 0 bridgehead atoms. The zero-order valence-corrected chi connectivity index (χ0v) is 12.8. The van der Waals surface area contributed by atoms with E-state index in [4.69, 9.17) is 21.0 Å². The fourth-order valence-electron chi connectivity index (χ4n) is 2.34. The van der Waals surface area contributed by atoms with Crippen molar-refractivity contribution >= 4 is 0 Å². The molecule has 22 heavy (non-hydrogen) atoms. The molecule has 3 unspecified atom stereocenters. The van der Waals surface area contributed by atoms with Crippen molar-refractivity contribution in [2.24, 2.45) is 17.8 Å². The summed E-state index contributed by atoms with van der Waals surface area (Å²) in [5.41, 5.74) is 0. The second-order valence-electron chi connectivity index (χ2n) is 5.39. The first-order valence-electron chi connectivity index (χ1n) is 7.64. The van der Waals surface area contributed by atoms with E-state index in [1.165, 1.54) is 0 Å². The molecular weight excluding hydrogens is 274 g/mol. The van der Waals surface area contributed by atoms with Gasteiger partial charge in [-0.3, -0.25) is 0 Å². The minimum Gasteiger partial charge on any atom is -0.198 e. The lowest BCUT2D eigenvalue weighted by Crippen LogP contribution is -2.09. The highest BCUT2D eigenvalue weighted by molar-refractivity contribution is 4.93. The Kier molecular flexibility index (Phi) is 11.9. The van der Waals surface area contributed by atoms with Crippen LogP contribution < -0.4 is 0 Å². The van der Waals surface area contributed by atoms with Crippen molar-refractivity contribution in [2.45, 2.75) is 57.8 Å². The van der Waals surface area contributed by atoms with Gasteiger partial charge in [-0.05, 0) is 44.9 Å². The largest absolute Gasteiger partial charge is 0.198 e. The molecule has 0 aliphatic carbocycles. The zero-order valence-electron chi connectivity index (χ0n) is 12.8. The summed E-state index contributed by atoms with van der Waals surface area (Å²) in [5.74, 6) is -0.543. The van der Waals surface area contributed by atoms with Crippen molar-refractivity contribution in [3.63, 3.8) is 0 Å². The van der Waals surface area contributed by atoms with E-state index >= 15 is 0 Å². The van der Waals surface area contributed by atoms with Crippen LogP contribution in [0.3, 0.4) is 0 Å². The number of unbranched alkanes of at least 4 members (excludes halogenated alkanes) is 2. The van der Waals surface area contributed by atoms with Crippen LogP contribution in [0, 0.1) is 74.4 Å².